The van der Waals surface area contributed by atoms with Gasteiger partial charge in [0, 0.05) is 12.0 Å². The second-order valence-corrected chi connectivity index (χ2v) is 6.75. The zero-order chi connectivity index (χ0) is 20.6. The van der Waals surface area contributed by atoms with Gasteiger partial charge in [0.2, 0.25) is 5.95 Å². The molecule has 2 unspecified atom stereocenters. The van der Waals surface area contributed by atoms with Crippen molar-refractivity contribution in [2.75, 3.05) is 18.9 Å². The molecule has 1 amide bonds. The van der Waals surface area contributed by atoms with Gasteiger partial charge < -0.3 is 5.11 Å². The van der Waals surface area contributed by atoms with E-state index in [1.54, 1.807) is 16.6 Å². The quantitative estimate of drug-likeness (QED) is 0.747. The van der Waals surface area contributed by atoms with Crippen molar-refractivity contribution in [3.05, 3.63) is 41.0 Å². The maximum atomic E-state index is 13.8. The van der Waals surface area contributed by atoms with Crippen LogP contribution in [0.2, 0.25) is 0 Å². The van der Waals surface area contributed by atoms with Gasteiger partial charge in [-0.15, -0.1) is 5.10 Å². The first-order valence-corrected chi connectivity index (χ1v) is 8.49. The molecule has 0 fully saturated rings. The van der Waals surface area contributed by atoms with Crippen LogP contribution in [-0.2, 0) is 11.3 Å². The summed E-state index contributed by atoms with van der Waals surface area (Å²) in [5.74, 6) is -6.25. The molecule has 0 spiro atoms. The summed E-state index contributed by atoms with van der Waals surface area (Å²) in [6, 6.07) is 1.40. The van der Waals surface area contributed by atoms with Crippen LogP contribution in [0.5, 0.6) is 0 Å². The molecule has 0 saturated carbocycles. The molecule has 3 rings (SSSR count). The van der Waals surface area contributed by atoms with Crippen molar-refractivity contribution in [1.82, 2.24) is 19.7 Å². The Kier molecular flexibility index (Phi) is 5.36. The topological polar surface area (TPSA) is 100 Å². The SMILES string of the molecule is CC1CC(N(C)CC(=O)O)Cn2nc(NC(=O)c3ccc(F)c(F)c3F)nc21. The minimum absolute atomic E-state index is 0.0619. The molecule has 1 aliphatic rings. The van der Waals surface area contributed by atoms with Crippen molar-refractivity contribution in [3.63, 3.8) is 0 Å². The van der Waals surface area contributed by atoms with Crippen LogP contribution < -0.4 is 5.32 Å². The van der Waals surface area contributed by atoms with E-state index in [0.29, 0.717) is 24.9 Å². The smallest absolute Gasteiger partial charge is 0.317 e. The number of benzene rings is 1. The predicted molar refractivity (Wildman–Crippen MR) is 91.4 cm³/mol. The summed E-state index contributed by atoms with van der Waals surface area (Å²) >= 11 is 0. The zero-order valence-corrected chi connectivity index (χ0v) is 15.1. The van der Waals surface area contributed by atoms with Gasteiger partial charge in [0.05, 0.1) is 18.7 Å². The summed E-state index contributed by atoms with van der Waals surface area (Å²) in [6.07, 6.45) is 0.646. The normalized spacial score (nSPS) is 18.8. The van der Waals surface area contributed by atoms with Gasteiger partial charge >= 0.3 is 5.97 Å². The number of rotatable bonds is 5. The number of carboxylic acid groups (broad SMARTS) is 1. The Bertz CT molecular complexity index is 933. The average molecular weight is 397 g/mol. The van der Waals surface area contributed by atoms with Crippen LogP contribution in [0.1, 0.15) is 35.4 Å². The van der Waals surface area contributed by atoms with Crippen LogP contribution in [-0.4, -0.2) is 56.3 Å². The third-order valence-corrected chi connectivity index (χ3v) is 4.66. The lowest BCUT2D eigenvalue weighted by Crippen LogP contribution is -2.42. The first-order valence-electron chi connectivity index (χ1n) is 8.49. The Morgan fingerprint density at radius 1 is 1.32 bits per heavy atom. The monoisotopic (exact) mass is 397 g/mol. The Hall–Kier alpha value is -2.95. The lowest BCUT2D eigenvalue weighted by atomic mass is 9.96. The van der Waals surface area contributed by atoms with Gasteiger partial charge in [-0.05, 0) is 25.6 Å². The Morgan fingerprint density at radius 3 is 2.71 bits per heavy atom. The van der Waals surface area contributed by atoms with Gasteiger partial charge in [-0.3, -0.25) is 19.8 Å². The van der Waals surface area contributed by atoms with E-state index in [-0.39, 0.29) is 24.5 Å². The number of amides is 1. The molecule has 2 aromatic rings. The highest BCUT2D eigenvalue weighted by molar-refractivity contribution is 6.03. The molecule has 0 saturated heterocycles. The van der Waals surface area contributed by atoms with Crippen molar-refractivity contribution >= 4 is 17.8 Å². The largest absolute Gasteiger partial charge is 0.480 e. The third-order valence-electron chi connectivity index (χ3n) is 4.66. The Labute approximate surface area is 158 Å². The van der Waals surface area contributed by atoms with Crippen LogP contribution in [0.25, 0.3) is 0 Å². The fraction of sp³-hybridized carbons (Fsp3) is 0.412. The second kappa shape index (κ2) is 7.58. The number of nitrogens with one attached hydrogen (secondary N) is 1. The number of anilines is 1. The molecular formula is C17H18F3N5O3. The van der Waals surface area contributed by atoms with Crippen LogP contribution in [0.15, 0.2) is 12.1 Å². The highest BCUT2D eigenvalue weighted by Gasteiger charge is 2.31. The van der Waals surface area contributed by atoms with E-state index < -0.39 is 34.9 Å². The van der Waals surface area contributed by atoms with Gasteiger partial charge in [0.15, 0.2) is 17.5 Å². The van der Waals surface area contributed by atoms with Crippen molar-refractivity contribution in [3.8, 4) is 0 Å². The van der Waals surface area contributed by atoms with Crippen molar-refractivity contribution in [1.29, 1.82) is 0 Å². The molecule has 28 heavy (non-hydrogen) atoms. The molecular weight excluding hydrogens is 379 g/mol. The molecule has 0 aliphatic carbocycles. The summed E-state index contributed by atoms with van der Waals surface area (Å²) in [4.78, 5) is 29.0. The molecule has 150 valence electrons. The van der Waals surface area contributed by atoms with E-state index in [9.17, 15) is 22.8 Å². The number of hydrogen-bond acceptors (Lipinski definition) is 5. The number of carbonyl (C=O) groups excluding carboxylic acids is 1. The highest BCUT2D eigenvalue weighted by atomic mass is 19.2. The molecule has 1 aromatic carbocycles. The molecule has 2 heterocycles. The van der Waals surface area contributed by atoms with Gasteiger partial charge in [-0.1, -0.05) is 6.92 Å². The summed E-state index contributed by atoms with van der Waals surface area (Å²) in [7, 11) is 1.70. The molecule has 1 aromatic heterocycles. The number of likely N-dealkylation sites (N-methyl/N-ethyl adjacent to an activating group) is 1. The first kappa shape index (κ1) is 19.8. The fourth-order valence-electron chi connectivity index (χ4n) is 3.23. The van der Waals surface area contributed by atoms with E-state index in [0.717, 1.165) is 6.07 Å². The molecule has 2 N–H and O–H groups in total. The Morgan fingerprint density at radius 2 is 2.04 bits per heavy atom. The highest BCUT2D eigenvalue weighted by Crippen LogP contribution is 2.28. The van der Waals surface area contributed by atoms with Crippen LogP contribution in [0.3, 0.4) is 0 Å². The predicted octanol–water partition coefficient (Wildman–Crippen LogP) is 1.84. The van der Waals surface area contributed by atoms with Crippen molar-refractivity contribution in [2.45, 2.75) is 31.8 Å². The number of fused-ring (bicyclic) bond motifs is 1. The summed E-state index contributed by atoms with van der Waals surface area (Å²) in [5, 5.41) is 15.4. The first-order chi connectivity index (χ1) is 13.2. The molecule has 11 heteroatoms. The lowest BCUT2D eigenvalue weighted by Gasteiger charge is -2.32. The summed E-state index contributed by atoms with van der Waals surface area (Å²) in [5.41, 5.74) is -0.668. The molecule has 8 nitrogen and oxygen atoms in total. The van der Waals surface area contributed by atoms with Gasteiger partial charge in [0.25, 0.3) is 5.91 Å². The maximum absolute atomic E-state index is 13.8. The van der Waals surface area contributed by atoms with E-state index in [1.807, 2.05) is 6.92 Å². The van der Waals surface area contributed by atoms with E-state index in [1.165, 1.54) is 0 Å². The molecule has 2 atom stereocenters. The Balaban J connectivity index is 1.77. The minimum atomic E-state index is -1.73. The van der Waals surface area contributed by atoms with E-state index in [2.05, 4.69) is 15.4 Å². The number of hydrogen-bond donors (Lipinski definition) is 2. The summed E-state index contributed by atoms with van der Waals surface area (Å²) in [6.45, 7) is 2.13. The maximum Gasteiger partial charge on any atom is 0.317 e. The van der Waals surface area contributed by atoms with E-state index >= 15 is 0 Å². The molecule has 0 bridgehead atoms. The van der Waals surface area contributed by atoms with E-state index in [4.69, 9.17) is 5.11 Å². The van der Waals surface area contributed by atoms with Crippen molar-refractivity contribution < 1.29 is 27.9 Å². The standard InChI is InChI=1S/C17H18F3N5O3/c1-8-5-9(24(2)7-12(26)27)6-25-15(8)21-17(23-25)22-16(28)10-3-4-11(18)14(20)13(10)19/h3-4,8-9H,5-7H2,1-2H3,(H,26,27)(H,22,23,28). The zero-order valence-electron chi connectivity index (χ0n) is 15.1. The fourth-order valence-corrected chi connectivity index (χ4v) is 3.23. The number of halogens is 3. The lowest BCUT2D eigenvalue weighted by molar-refractivity contribution is -0.138. The van der Waals surface area contributed by atoms with Gasteiger partial charge in [0.1, 0.15) is 5.82 Å². The van der Waals surface area contributed by atoms with Crippen molar-refractivity contribution in [2.24, 2.45) is 0 Å². The van der Waals surface area contributed by atoms with Gasteiger partial charge in [-0.25, -0.2) is 17.9 Å². The number of aliphatic carboxylic acids is 1. The molecule has 1 aliphatic heterocycles. The minimum Gasteiger partial charge on any atom is -0.480 e. The number of carboxylic acids is 1. The molecule has 0 radical (unpaired) electrons. The number of nitrogens with zero attached hydrogens (tertiary/aromatic N) is 4. The summed E-state index contributed by atoms with van der Waals surface area (Å²) < 4.78 is 41.7. The number of aromatic nitrogens is 3. The van der Waals surface area contributed by atoms with Gasteiger partial charge in [-0.2, -0.15) is 4.98 Å². The number of carbonyl (C=O) groups is 2. The van der Waals surface area contributed by atoms with Crippen LogP contribution in [0.4, 0.5) is 19.1 Å². The van der Waals surface area contributed by atoms with Crippen LogP contribution >= 0.6 is 0 Å². The third kappa shape index (κ3) is 3.84. The second-order valence-electron chi connectivity index (χ2n) is 6.75. The van der Waals surface area contributed by atoms with Crippen LogP contribution in [0, 0.1) is 17.5 Å². The average Bonchev–Trinajstić information content (AvgIpc) is 3.02.